The average molecular weight is 260 g/mol. The van der Waals surface area contributed by atoms with Gasteiger partial charge in [0.05, 0.1) is 0 Å². The van der Waals surface area contributed by atoms with Crippen molar-refractivity contribution in [3.05, 3.63) is 18.2 Å². The maximum absolute atomic E-state index is 12.6. The molecule has 0 saturated heterocycles. The molecule has 1 N–H and O–H groups in total. The number of hydrogen-bond acceptors (Lipinski definition) is 4. The van der Waals surface area contributed by atoms with Crippen LogP contribution in [0.25, 0.3) is 0 Å². The van der Waals surface area contributed by atoms with Crippen molar-refractivity contribution in [1.29, 1.82) is 0 Å². The van der Waals surface area contributed by atoms with Crippen LogP contribution < -0.4 is 4.74 Å². The van der Waals surface area contributed by atoms with E-state index in [1.807, 2.05) is 0 Å². The minimum Gasteiger partial charge on any atom is -0.508 e. The third kappa shape index (κ3) is 3.26. The van der Waals surface area contributed by atoms with E-state index in [4.69, 9.17) is 5.11 Å². The summed E-state index contributed by atoms with van der Waals surface area (Å²) in [4.78, 5) is -1.38. The summed E-state index contributed by atoms with van der Waals surface area (Å²) in [5.41, 5.74) is 0. The van der Waals surface area contributed by atoms with Crippen LogP contribution in [-0.2, 0) is 10.2 Å². The number of phenolic OH excluding ortho intramolecular Hbond substituents is 1. The predicted molar refractivity (Wildman–Crippen MR) is 43.1 cm³/mol. The lowest BCUT2D eigenvalue weighted by Gasteiger charge is -2.11. The number of aromatic hydroxyl groups is 1. The van der Waals surface area contributed by atoms with E-state index in [-0.39, 0.29) is 0 Å². The standard InChI is InChI=1S/C7H4F4O4S/c8-7(9,10)15-5-2-1-4(12)3-6(5)16(11,13)14/h1-3,12H. The molecule has 4 nitrogen and oxygen atoms in total. The molecule has 0 saturated carbocycles. The van der Waals surface area contributed by atoms with Crippen LogP contribution >= 0.6 is 0 Å². The highest BCUT2D eigenvalue weighted by Crippen LogP contribution is 2.32. The van der Waals surface area contributed by atoms with Gasteiger partial charge in [0.1, 0.15) is 10.6 Å². The van der Waals surface area contributed by atoms with Gasteiger partial charge in [0, 0.05) is 6.07 Å². The maximum atomic E-state index is 12.6. The van der Waals surface area contributed by atoms with Gasteiger partial charge >= 0.3 is 16.6 Å². The summed E-state index contributed by atoms with van der Waals surface area (Å²) in [6.45, 7) is 0. The Labute approximate surface area is 87.3 Å². The molecule has 0 unspecified atom stereocenters. The van der Waals surface area contributed by atoms with Crippen molar-refractivity contribution >= 4 is 10.2 Å². The van der Waals surface area contributed by atoms with Gasteiger partial charge in [-0.1, -0.05) is 0 Å². The molecule has 0 aromatic heterocycles. The molecular weight excluding hydrogens is 256 g/mol. The summed E-state index contributed by atoms with van der Waals surface area (Å²) in [6.07, 6.45) is -5.16. The van der Waals surface area contributed by atoms with Crippen LogP contribution in [0.5, 0.6) is 11.5 Å². The molecule has 16 heavy (non-hydrogen) atoms. The van der Waals surface area contributed by atoms with Gasteiger partial charge in [-0.15, -0.1) is 17.1 Å². The Kier molecular flexibility index (Phi) is 2.99. The topological polar surface area (TPSA) is 63.6 Å². The molecule has 1 rings (SSSR count). The monoisotopic (exact) mass is 260 g/mol. The van der Waals surface area contributed by atoms with E-state index in [0.717, 1.165) is 6.07 Å². The highest BCUT2D eigenvalue weighted by atomic mass is 32.3. The number of benzene rings is 1. The Hall–Kier alpha value is -1.51. The molecule has 0 fully saturated rings. The Morgan fingerprint density at radius 3 is 2.25 bits per heavy atom. The highest BCUT2D eigenvalue weighted by Gasteiger charge is 2.34. The van der Waals surface area contributed by atoms with Gasteiger partial charge in [-0.05, 0) is 12.1 Å². The summed E-state index contributed by atoms with van der Waals surface area (Å²) in [5.74, 6) is -1.95. The molecule has 0 aliphatic heterocycles. The minimum absolute atomic E-state index is 0.316. The van der Waals surface area contributed by atoms with Crippen LogP contribution in [-0.4, -0.2) is 19.9 Å². The lowest BCUT2D eigenvalue weighted by molar-refractivity contribution is -0.275. The molecule has 0 aliphatic carbocycles. The molecule has 0 heterocycles. The first kappa shape index (κ1) is 12.6. The van der Waals surface area contributed by atoms with Gasteiger partial charge in [0.15, 0.2) is 5.75 Å². The van der Waals surface area contributed by atoms with Gasteiger partial charge in [0.25, 0.3) is 0 Å². The van der Waals surface area contributed by atoms with E-state index in [0.29, 0.717) is 12.1 Å². The van der Waals surface area contributed by atoms with E-state index >= 15 is 0 Å². The molecule has 9 heteroatoms. The second-order valence-corrected chi connectivity index (χ2v) is 3.93. The SMILES string of the molecule is O=S(=O)(F)c1cc(O)ccc1OC(F)(F)F. The van der Waals surface area contributed by atoms with Gasteiger partial charge in [0.2, 0.25) is 0 Å². The molecule has 0 bridgehead atoms. The molecule has 0 aliphatic rings. The van der Waals surface area contributed by atoms with Crippen molar-refractivity contribution in [2.24, 2.45) is 0 Å². The summed E-state index contributed by atoms with van der Waals surface area (Å²) in [6, 6.07) is 1.54. The number of phenols is 1. The zero-order valence-corrected chi connectivity index (χ0v) is 8.14. The first-order valence-corrected chi connectivity index (χ1v) is 5.01. The summed E-state index contributed by atoms with van der Waals surface area (Å²) in [7, 11) is -5.41. The number of alkyl halides is 3. The Bertz CT molecular complexity index is 494. The van der Waals surface area contributed by atoms with Crippen LogP contribution in [0.3, 0.4) is 0 Å². The number of hydrogen-bond donors (Lipinski definition) is 1. The third-order valence-electron chi connectivity index (χ3n) is 1.42. The molecule has 90 valence electrons. The van der Waals surface area contributed by atoms with Crippen molar-refractivity contribution in [2.75, 3.05) is 0 Å². The fourth-order valence-electron chi connectivity index (χ4n) is 0.896. The van der Waals surface area contributed by atoms with Gasteiger partial charge in [-0.3, -0.25) is 0 Å². The highest BCUT2D eigenvalue weighted by molar-refractivity contribution is 7.86. The second kappa shape index (κ2) is 3.81. The third-order valence-corrected chi connectivity index (χ3v) is 2.26. The van der Waals surface area contributed by atoms with Crippen LogP contribution in [0.15, 0.2) is 23.1 Å². The minimum atomic E-state index is -5.41. The number of rotatable bonds is 2. The van der Waals surface area contributed by atoms with E-state index in [1.54, 1.807) is 0 Å². The van der Waals surface area contributed by atoms with Crippen LogP contribution in [0.4, 0.5) is 17.1 Å². The summed E-state index contributed by atoms with van der Waals surface area (Å²) in [5, 5.41) is 8.83. The Morgan fingerprint density at radius 2 is 1.81 bits per heavy atom. The number of halogens is 4. The first-order chi connectivity index (χ1) is 7.09. The van der Waals surface area contributed by atoms with Gasteiger partial charge in [-0.25, -0.2) is 0 Å². The summed E-state index contributed by atoms with van der Waals surface area (Å²) < 4.78 is 72.2. The molecule has 0 amide bonds. The van der Waals surface area contributed by atoms with E-state index in [9.17, 15) is 25.5 Å². The molecule has 0 atom stereocenters. The quantitative estimate of drug-likeness (QED) is 0.652. The van der Waals surface area contributed by atoms with Crippen molar-refractivity contribution < 1.29 is 35.3 Å². The largest absolute Gasteiger partial charge is 0.573 e. The lowest BCUT2D eigenvalue weighted by Crippen LogP contribution is -2.18. The molecule has 1 aromatic carbocycles. The van der Waals surface area contributed by atoms with Gasteiger partial charge < -0.3 is 9.84 Å². The molecule has 1 aromatic rings. The van der Waals surface area contributed by atoms with Crippen LogP contribution in [0, 0.1) is 0 Å². The average Bonchev–Trinajstić information content (AvgIpc) is 2.04. The normalized spacial score (nSPS) is 12.5. The van der Waals surface area contributed by atoms with Crippen molar-refractivity contribution in [2.45, 2.75) is 11.3 Å². The zero-order chi connectivity index (χ0) is 12.6. The maximum Gasteiger partial charge on any atom is 0.573 e. The molecule has 0 spiro atoms. The first-order valence-electron chi connectivity index (χ1n) is 3.63. The van der Waals surface area contributed by atoms with Crippen molar-refractivity contribution in [3.63, 3.8) is 0 Å². The van der Waals surface area contributed by atoms with Crippen molar-refractivity contribution in [3.8, 4) is 11.5 Å². The van der Waals surface area contributed by atoms with Crippen molar-refractivity contribution in [1.82, 2.24) is 0 Å². The Balaban J connectivity index is 3.30. The zero-order valence-electron chi connectivity index (χ0n) is 7.32. The van der Waals surface area contributed by atoms with Gasteiger partial charge in [-0.2, -0.15) is 8.42 Å². The lowest BCUT2D eigenvalue weighted by atomic mass is 10.3. The van der Waals surface area contributed by atoms with Crippen LogP contribution in [0.1, 0.15) is 0 Å². The predicted octanol–water partition coefficient (Wildman–Crippen LogP) is 1.95. The van der Waals surface area contributed by atoms with E-state index < -0.39 is 33.0 Å². The molecular formula is C7H4F4O4S. The second-order valence-electron chi connectivity index (χ2n) is 2.62. The number of ether oxygens (including phenoxy) is 1. The smallest absolute Gasteiger partial charge is 0.508 e. The van der Waals surface area contributed by atoms with E-state index in [1.165, 1.54) is 0 Å². The summed E-state index contributed by atoms with van der Waals surface area (Å²) >= 11 is 0. The fraction of sp³-hybridized carbons (Fsp3) is 0.143. The Morgan fingerprint density at radius 1 is 1.25 bits per heavy atom. The molecule has 0 radical (unpaired) electrons. The fourth-order valence-corrected chi connectivity index (χ4v) is 1.51. The van der Waals surface area contributed by atoms with E-state index in [2.05, 4.69) is 4.74 Å². The van der Waals surface area contributed by atoms with Crippen LogP contribution in [0.2, 0.25) is 0 Å².